The van der Waals surface area contributed by atoms with Crippen molar-refractivity contribution in [3.8, 4) is 5.69 Å². The highest BCUT2D eigenvalue weighted by Crippen LogP contribution is 2.31. The first-order valence-electron chi connectivity index (χ1n) is 9.61. The van der Waals surface area contributed by atoms with Crippen LogP contribution in [-0.2, 0) is 11.8 Å². The van der Waals surface area contributed by atoms with Gasteiger partial charge < -0.3 is 5.32 Å². The third-order valence-electron chi connectivity index (χ3n) is 5.28. The lowest BCUT2D eigenvalue weighted by atomic mass is 10.3. The van der Waals surface area contributed by atoms with E-state index in [4.69, 9.17) is 0 Å². The Morgan fingerprint density at radius 3 is 2.69 bits per heavy atom. The van der Waals surface area contributed by atoms with Crippen LogP contribution in [0.4, 0.5) is 5.69 Å². The molecule has 2 aromatic heterocycles. The minimum absolute atomic E-state index is 0.131. The predicted octanol–water partition coefficient (Wildman–Crippen LogP) is 2.32. The highest BCUT2D eigenvalue weighted by atomic mass is 32.2. The Bertz CT molecular complexity index is 1060. The maximum Gasteiger partial charge on any atom is 0.295 e. The lowest BCUT2D eigenvalue weighted by molar-refractivity contribution is -0.113. The van der Waals surface area contributed by atoms with Gasteiger partial charge in [0.05, 0.1) is 23.2 Å². The molecule has 1 fully saturated rings. The standard InChI is InChI=1S/C19H23N7O2S/c1-13-17(18(28)26(24(13)2)15-10-4-3-5-11-15)20-16(27)12-29-19-21-22-23-25(19)14-8-6-7-9-14/h3-5,10-11,14H,6-9,12H2,1-2H3,(H,20,27). The summed E-state index contributed by atoms with van der Waals surface area (Å²) in [5.74, 6) is -0.131. The number of rotatable bonds is 6. The Kier molecular flexibility index (Phi) is 5.52. The minimum atomic E-state index is -0.262. The fourth-order valence-electron chi connectivity index (χ4n) is 3.68. The number of amides is 1. The molecule has 1 aliphatic rings. The molecule has 0 unspecified atom stereocenters. The average molecular weight is 414 g/mol. The first kappa shape index (κ1) is 19.4. The number of nitrogens with one attached hydrogen (secondary N) is 1. The van der Waals surface area contributed by atoms with Crippen molar-refractivity contribution in [3.05, 3.63) is 46.4 Å². The molecule has 1 aromatic carbocycles. The number of hydrogen-bond donors (Lipinski definition) is 1. The number of carbonyl (C=O) groups is 1. The number of tetrazole rings is 1. The number of thioether (sulfide) groups is 1. The summed E-state index contributed by atoms with van der Waals surface area (Å²) in [6.45, 7) is 1.81. The highest BCUT2D eigenvalue weighted by Gasteiger charge is 2.23. The molecule has 4 rings (SSSR count). The molecular weight excluding hydrogens is 390 g/mol. The van der Waals surface area contributed by atoms with Gasteiger partial charge in [-0.2, -0.15) is 0 Å². The van der Waals surface area contributed by atoms with Crippen molar-refractivity contribution in [2.24, 2.45) is 7.05 Å². The van der Waals surface area contributed by atoms with Gasteiger partial charge in [0.2, 0.25) is 11.1 Å². The molecule has 29 heavy (non-hydrogen) atoms. The molecule has 1 aliphatic carbocycles. The Morgan fingerprint density at radius 1 is 1.24 bits per heavy atom. The van der Waals surface area contributed by atoms with Crippen LogP contribution in [0.3, 0.4) is 0 Å². The second-order valence-electron chi connectivity index (χ2n) is 7.12. The third kappa shape index (κ3) is 3.84. The number of carbonyl (C=O) groups excluding carboxylic acids is 1. The number of hydrogen-bond acceptors (Lipinski definition) is 6. The topological polar surface area (TPSA) is 99.6 Å². The molecule has 0 spiro atoms. The number of para-hydroxylation sites is 1. The maximum atomic E-state index is 12.9. The first-order valence-corrected chi connectivity index (χ1v) is 10.6. The van der Waals surface area contributed by atoms with Gasteiger partial charge in [0.1, 0.15) is 5.69 Å². The third-order valence-corrected chi connectivity index (χ3v) is 6.22. The lowest BCUT2D eigenvalue weighted by Crippen LogP contribution is -2.23. The van der Waals surface area contributed by atoms with Crippen molar-refractivity contribution < 1.29 is 4.79 Å². The van der Waals surface area contributed by atoms with E-state index in [1.807, 2.05) is 41.9 Å². The van der Waals surface area contributed by atoms with E-state index in [-0.39, 0.29) is 22.9 Å². The van der Waals surface area contributed by atoms with Crippen LogP contribution in [0.5, 0.6) is 0 Å². The SMILES string of the molecule is Cc1c(NC(=O)CSc2nnnn2C2CCCC2)c(=O)n(-c2ccccc2)n1C. The molecule has 1 amide bonds. The number of nitrogens with zero attached hydrogens (tertiary/aromatic N) is 6. The number of anilines is 1. The fraction of sp³-hybridized carbons (Fsp3) is 0.421. The van der Waals surface area contributed by atoms with Crippen molar-refractivity contribution in [1.82, 2.24) is 29.6 Å². The Morgan fingerprint density at radius 2 is 1.97 bits per heavy atom. The van der Waals surface area contributed by atoms with E-state index in [0.717, 1.165) is 18.5 Å². The van der Waals surface area contributed by atoms with Crippen LogP contribution in [0, 0.1) is 6.92 Å². The Hall–Kier alpha value is -2.88. The second-order valence-corrected chi connectivity index (χ2v) is 8.06. The van der Waals surface area contributed by atoms with E-state index >= 15 is 0 Å². The van der Waals surface area contributed by atoms with Crippen molar-refractivity contribution in [1.29, 1.82) is 0 Å². The monoisotopic (exact) mass is 413 g/mol. The molecule has 9 nitrogen and oxygen atoms in total. The summed E-state index contributed by atoms with van der Waals surface area (Å²) in [5.41, 5.74) is 1.46. The molecule has 10 heteroatoms. The summed E-state index contributed by atoms with van der Waals surface area (Å²) in [4.78, 5) is 25.4. The minimum Gasteiger partial charge on any atom is -0.319 e. The van der Waals surface area contributed by atoms with Crippen LogP contribution in [-0.4, -0.2) is 41.2 Å². The maximum absolute atomic E-state index is 12.9. The molecule has 152 valence electrons. The molecule has 0 aliphatic heterocycles. The molecule has 2 heterocycles. The molecule has 0 radical (unpaired) electrons. The zero-order valence-electron chi connectivity index (χ0n) is 16.4. The quantitative estimate of drug-likeness (QED) is 0.623. The first-order chi connectivity index (χ1) is 14.1. The summed E-state index contributed by atoms with van der Waals surface area (Å²) in [6.07, 6.45) is 4.48. The van der Waals surface area contributed by atoms with Crippen LogP contribution in [0.15, 0.2) is 40.3 Å². The molecule has 1 saturated carbocycles. The molecule has 0 bridgehead atoms. The van der Waals surface area contributed by atoms with Gasteiger partial charge in [-0.1, -0.05) is 42.8 Å². The summed E-state index contributed by atoms with van der Waals surface area (Å²) in [7, 11) is 1.80. The van der Waals surface area contributed by atoms with Crippen LogP contribution >= 0.6 is 11.8 Å². The molecule has 1 N–H and O–H groups in total. The molecular formula is C19H23N7O2S. The Balaban J connectivity index is 1.47. The van der Waals surface area contributed by atoms with Gasteiger partial charge in [-0.05, 0) is 42.3 Å². The normalized spacial score (nSPS) is 14.4. The van der Waals surface area contributed by atoms with Gasteiger partial charge in [0.15, 0.2) is 0 Å². The molecule has 0 atom stereocenters. The van der Waals surface area contributed by atoms with Gasteiger partial charge in [0, 0.05) is 7.05 Å². The van der Waals surface area contributed by atoms with Crippen LogP contribution in [0.1, 0.15) is 37.4 Å². The zero-order chi connectivity index (χ0) is 20.4. The van der Waals surface area contributed by atoms with Crippen LogP contribution in [0.25, 0.3) is 5.69 Å². The lowest BCUT2D eigenvalue weighted by Gasteiger charge is -2.10. The van der Waals surface area contributed by atoms with E-state index in [2.05, 4.69) is 20.8 Å². The van der Waals surface area contributed by atoms with Gasteiger partial charge in [-0.25, -0.2) is 9.36 Å². The van der Waals surface area contributed by atoms with Crippen LogP contribution in [0.2, 0.25) is 0 Å². The molecule has 3 aromatic rings. The van der Waals surface area contributed by atoms with E-state index < -0.39 is 0 Å². The summed E-state index contributed by atoms with van der Waals surface area (Å²) in [5, 5.41) is 15.3. The zero-order valence-corrected chi connectivity index (χ0v) is 17.2. The van der Waals surface area contributed by atoms with Crippen molar-refractivity contribution >= 4 is 23.4 Å². The summed E-state index contributed by atoms with van der Waals surface area (Å²) < 4.78 is 5.10. The van der Waals surface area contributed by atoms with Crippen molar-refractivity contribution in [3.63, 3.8) is 0 Å². The van der Waals surface area contributed by atoms with Gasteiger partial charge in [-0.3, -0.25) is 14.3 Å². The van der Waals surface area contributed by atoms with E-state index in [0.29, 0.717) is 16.9 Å². The average Bonchev–Trinajstić information content (AvgIpc) is 3.45. The van der Waals surface area contributed by atoms with E-state index in [1.54, 1.807) is 16.4 Å². The molecule has 0 saturated heterocycles. The van der Waals surface area contributed by atoms with Crippen LogP contribution < -0.4 is 10.9 Å². The van der Waals surface area contributed by atoms with E-state index in [9.17, 15) is 9.59 Å². The summed E-state index contributed by atoms with van der Waals surface area (Å²) >= 11 is 1.29. The predicted molar refractivity (Wildman–Crippen MR) is 110 cm³/mol. The fourth-order valence-corrected chi connectivity index (χ4v) is 4.42. The number of benzene rings is 1. The smallest absolute Gasteiger partial charge is 0.295 e. The summed E-state index contributed by atoms with van der Waals surface area (Å²) in [6, 6.07) is 9.64. The van der Waals surface area contributed by atoms with Crippen molar-refractivity contribution in [2.45, 2.75) is 43.8 Å². The number of aromatic nitrogens is 6. The van der Waals surface area contributed by atoms with Gasteiger partial charge in [-0.15, -0.1) is 5.10 Å². The van der Waals surface area contributed by atoms with Crippen molar-refractivity contribution in [2.75, 3.05) is 11.1 Å². The Labute approximate surface area is 172 Å². The van der Waals surface area contributed by atoms with Gasteiger partial charge in [0.25, 0.3) is 5.56 Å². The van der Waals surface area contributed by atoms with Gasteiger partial charge >= 0.3 is 0 Å². The second kappa shape index (κ2) is 8.24. The van der Waals surface area contributed by atoms with E-state index in [1.165, 1.54) is 24.6 Å². The highest BCUT2D eigenvalue weighted by molar-refractivity contribution is 7.99. The largest absolute Gasteiger partial charge is 0.319 e.